The number of hydrogen-bond donors (Lipinski definition) is 1. The van der Waals surface area contributed by atoms with E-state index < -0.39 is 0 Å². The van der Waals surface area contributed by atoms with Crippen molar-refractivity contribution >= 4 is 21.8 Å². The van der Waals surface area contributed by atoms with Gasteiger partial charge in [0, 0.05) is 29.1 Å². The molecule has 0 radical (unpaired) electrons. The van der Waals surface area contributed by atoms with Crippen molar-refractivity contribution in [3.63, 3.8) is 0 Å². The molecule has 0 fully saturated rings. The molecule has 3 rings (SSSR count). The highest BCUT2D eigenvalue weighted by atomic mass is 79.9. The summed E-state index contributed by atoms with van der Waals surface area (Å²) in [7, 11) is 0. The van der Waals surface area contributed by atoms with Gasteiger partial charge in [0.25, 0.3) is 5.91 Å². The summed E-state index contributed by atoms with van der Waals surface area (Å²) < 4.78 is 8.17. The number of nitrogens with one attached hydrogen (secondary N) is 1. The third-order valence-corrected chi connectivity index (χ3v) is 4.07. The summed E-state index contributed by atoms with van der Waals surface area (Å²) in [5, 5.41) is 7.45. The van der Waals surface area contributed by atoms with E-state index in [1.165, 1.54) is 6.20 Å². The van der Waals surface area contributed by atoms with Crippen LogP contribution in [0.1, 0.15) is 33.5 Å². The molecule has 0 aliphatic rings. The standard InChI is InChI=1S/C17H17BrN4O2/c1-11-6-12(2)22(21-11)15(16-4-3-5-24-16)10-20-17(23)13-7-14(18)9-19-8-13/h3-9,15H,10H2,1-2H3,(H,20,23)/t15-/m1/s1. The maximum Gasteiger partial charge on any atom is 0.252 e. The summed E-state index contributed by atoms with van der Waals surface area (Å²) in [6.07, 6.45) is 4.79. The predicted molar refractivity (Wildman–Crippen MR) is 92.8 cm³/mol. The SMILES string of the molecule is Cc1cc(C)n([C@H](CNC(=O)c2cncc(Br)c2)c2ccco2)n1. The number of hydrogen-bond acceptors (Lipinski definition) is 4. The van der Waals surface area contributed by atoms with Crippen molar-refractivity contribution in [2.24, 2.45) is 0 Å². The Morgan fingerprint density at radius 2 is 2.21 bits per heavy atom. The van der Waals surface area contributed by atoms with E-state index in [2.05, 4.69) is 31.3 Å². The third-order valence-electron chi connectivity index (χ3n) is 3.63. The molecule has 0 bridgehead atoms. The van der Waals surface area contributed by atoms with Gasteiger partial charge < -0.3 is 9.73 Å². The molecule has 3 aromatic rings. The summed E-state index contributed by atoms with van der Waals surface area (Å²) in [4.78, 5) is 16.4. The summed E-state index contributed by atoms with van der Waals surface area (Å²) in [6.45, 7) is 4.28. The zero-order chi connectivity index (χ0) is 17.1. The second kappa shape index (κ2) is 7.00. The minimum Gasteiger partial charge on any atom is -0.467 e. The zero-order valence-corrected chi connectivity index (χ0v) is 14.9. The Morgan fingerprint density at radius 1 is 1.38 bits per heavy atom. The molecule has 124 valence electrons. The Morgan fingerprint density at radius 3 is 2.83 bits per heavy atom. The molecule has 0 saturated heterocycles. The third kappa shape index (κ3) is 3.56. The highest BCUT2D eigenvalue weighted by Gasteiger charge is 2.21. The summed E-state index contributed by atoms with van der Waals surface area (Å²) >= 11 is 3.32. The normalized spacial score (nSPS) is 12.1. The van der Waals surface area contributed by atoms with Gasteiger partial charge in [-0.15, -0.1) is 0 Å². The van der Waals surface area contributed by atoms with E-state index in [1.807, 2.05) is 36.7 Å². The van der Waals surface area contributed by atoms with Crippen molar-refractivity contribution in [3.8, 4) is 0 Å². The Labute approximate surface area is 148 Å². The van der Waals surface area contributed by atoms with E-state index in [9.17, 15) is 4.79 Å². The quantitative estimate of drug-likeness (QED) is 0.727. The van der Waals surface area contributed by atoms with Gasteiger partial charge in [0.15, 0.2) is 0 Å². The lowest BCUT2D eigenvalue weighted by Crippen LogP contribution is -2.32. The highest BCUT2D eigenvalue weighted by molar-refractivity contribution is 9.10. The monoisotopic (exact) mass is 388 g/mol. The second-order valence-corrected chi connectivity index (χ2v) is 6.42. The van der Waals surface area contributed by atoms with Gasteiger partial charge in [0.2, 0.25) is 0 Å². The average Bonchev–Trinajstić information content (AvgIpc) is 3.18. The fourth-order valence-corrected chi connectivity index (χ4v) is 2.94. The maximum absolute atomic E-state index is 12.4. The van der Waals surface area contributed by atoms with Crippen molar-refractivity contribution in [2.75, 3.05) is 6.54 Å². The van der Waals surface area contributed by atoms with Crippen molar-refractivity contribution in [3.05, 3.63) is 70.1 Å². The van der Waals surface area contributed by atoms with Crippen LogP contribution in [-0.4, -0.2) is 27.2 Å². The average molecular weight is 389 g/mol. The fourth-order valence-electron chi connectivity index (χ4n) is 2.58. The van der Waals surface area contributed by atoms with Gasteiger partial charge in [0.1, 0.15) is 11.8 Å². The fraction of sp³-hybridized carbons (Fsp3) is 0.235. The first-order chi connectivity index (χ1) is 11.5. The number of rotatable bonds is 5. The molecule has 1 N–H and O–H groups in total. The van der Waals surface area contributed by atoms with Crippen molar-refractivity contribution < 1.29 is 9.21 Å². The van der Waals surface area contributed by atoms with Crippen molar-refractivity contribution in [2.45, 2.75) is 19.9 Å². The highest BCUT2D eigenvalue weighted by Crippen LogP contribution is 2.20. The zero-order valence-electron chi connectivity index (χ0n) is 13.4. The van der Waals surface area contributed by atoms with E-state index >= 15 is 0 Å². The van der Waals surface area contributed by atoms with E-state index in [0.717, 1.165) is 21.6 Å². The first kappa shape index (κ1) is 16.4. The molecular weight excluding hydrogens is 372 g/mol. The van der Waals surface area contributed by atoms with Crippen LogP contribution in [0.4, 0.5) is 0 Å². The lowest BCUT2D eigenvalue weighted by atomic mass is 10.2. The number of pyridine rings is 1. The minimum atomic E-state index is -0.210. The predicted octanol–water partition coefficient (Wildman–Crippen LogP) is 3.27. The van der Waals surface area contributed by atoms with Crippen LogP contribution in [0, 0.1) is 13.8 Å². The van der Waals surface area contributed by atoms with Crippen LogP contribution in [0.2, 0.25) is 0 Å². The minimum absolute atomic E-state index is 0.193. The van der Waals surface area contributed by atoms with Crippen LogP contribution in [0.3, 0.4) is 0 Å². The van der Waals surface area contributed by atoms with Crippen LogP contribution in [-0.2, 0) is 0 Å². The Hall–Kier alpha value is -2.41. The number of aromatic nitrogens is 3. The van der Waals surface area contributed by atoms with E-state index in [0.29, 0.717) is 12.1 Å². The van der Waals surface area contributed by atoms with Gasteiger partial charge in [-0.25, -0.2) is 0 Å². The van der Waals surface area contributed by atoms with Gasteiger partial charge in [0.05, 0.1) is 17.5 Å². The Kier molecular flexibility index (Phi) is 4.80. The molecular formula is C17H17BrN4O2. The lowest BCUT2D eigenvalue weighted by molar-refractivity contribution is 0.0947. The molecule has 1 atom stereocenters. The molecule has 0 aliphatic heterocycles. The van der Waals surface area contributed by atoms with Gasteiger partial charge in [-0.3, -0.25) is 14.5 Å². The first-order valence-electron chi connectivity index (χ1n) is 7.49. The molecule has 3 heterocycles. The van der Waals surface area contributed by atoms with Gasteiger partial charge in [-0.1, -0.05) is 0 Å². The molecule has 1 amide bonds. The Bertz CT molecular complexity index is 842. The number of nitrogens with zero attached hydrogens (tertiary/aromatic N) is 3. The molecule has 0 aromatic carbocycles. The molecule has 7 heteroatoms. The van der Waals surface area contributed by atoms with E-state index in [1.54, 1.807) is 18.5 Å². The van der Waals surface area contributed by atoms with Crippen LogP contribution >= 0.6 is 15.9 Å². The number of carbonyl (C=O) groups excluding carboxylic acids is 1. The van der Waals surface area contributed by atoms with Crippen LogP contribution in [0.25, 0.3) is 0 Å². The molecule has 24 heavy (non-hydrogen) atoms. The number of halogens is 1. The summed E-state index contributed by atoms with van der Waals surface area (Å²) in [6, 6.07) is 7.23. The van der Waals surface area contributed by atoms with Gasteiger partial charge in [-0.2, -0.15) is 5.10 Å². The topological polar surface area (TPSA) is 73.0 Å². The largest absolute Gasteiger partial charge is 0.467 e. The molecule has 0 saturated carbocycles. The summed E-state index contributed by atoms with van der Waals surface area (Å²) in [5.74, 6) is 0.552. The summed E-state index contributed by atoms with van der Waals surface area (Å²) in [5.41, 5.74) is 2.43. The van der Waals surface area contributed by atoms with Crippen molar-refractivity contribution in [1.29, 1.82) is 0 Å². The lowest BCUT2D eigenvalue weighted by Gasteiger charge is -2.18. The van der Waals surface area contributed by atoms with Gasteiger partial charge in [-0.05, 0) is 54.0 Å². The van der Waals surface area contributed by atoms with Crippen LogP contribution < -0.4 is 5.32 Å². The molecule has 0 aliphatic carbocycles. The molecule has 3 aromatic heterocycles. The molecule has 6 nitrogen and oxygen atoms in total. The second-order valence-electron chi connectivity index (χ2n) is 5.50. The number of carbonyl (C=O) groups is 1. The van der Waals surface area contributed by atoms with Crippen molar-refractivity contribution in [1.82, 2.24) is 20.1 Å². The van der Waals surface area contributed by atoms with Crippen LogP contribution in [0.15, 0.2) is 51.8 Å². The number of amides is 1. The Balaban J connectivity index is 1.80. The van der Waals surface area contributed by atoms with E-state index in [4.69, 9.17) is 4.42 Å². The smallest absolute Gasteiger partial charge is 0.252 e. The maximum atomic E-state index is 12.4. The van der Waals surface area contributed by atoms with Gasteiger partial charge >= 0.3 is 0 Å². The first-order valence-corrected chi connectivity index (χ1v) is 8.29. The number of aryl methyl sites for hydroxylation is 2. The number of furan rings is 1. The van der Waals surface area contributed by atoms with Crippen LogP contribution in [0.5, 0.6) is 0 Å². The molecule has 0 unspecified atom stereocenters. The molecule has 0 spiro atoms. The van der Waals surface area contributed by atoms with E-state index in [-0.39, 0.29) is 11.9 Å².